The standard InChI is InChI=1S/C14H26N2O4.C5H9NO2.2C2H6/c1-13(2,3)19-11(17)15-7-9-16(10-8-15)12(18)20-14(4,5)6;7-5-6-1-3-8-4-2-6;2*1-2/h7-10H2,1-6H3;5H,1-4H2;2*1-2H3. The molecular weight excluding hydrogens is 414 g/mol. The molecule has 0 aromatic rings. The molecule has 32 heavy (non-hydrogen) atoms. The van der Waals surface area contributed by atoms with E-state index in [9.17, 15) is 14.4 Å². The molecule has 0 spiro atoms. The third-order valence-electron chi connectivity index (χ3n) is 3.78. The Morgan fingerprint density at radius 3 is 1.22 bits per heavy atom. The van der Waals surface area contributed by atoms with Gasteiger partial charge in [0.1, 0.15) is 11.2 Å². The van der Waals surface area contributed by atoms with Crippen LogP contribution in [0.4, 0.5) is 9.59 Å². The molecule has 2 aliphatic rings. The molecule has 2 heterocycles. The van der Waals surface area contributed by atoms with Crippen LogP contribution in [0.1, 0.15) is 69.2 Å². The predicted molar refractivity (Wildman–Crippen MR) is 127 cm³/mol. The normalized spacial score (nSPS) is 16.1. The van der Waals surface area contributed by atoms with Crippen LogP contribution in [0.5, 0.6) is 0 Å². The zero-order valence-corrected chi connectivity index (χ0v) is 22.0. The van der Waals surface area contributed by atoms with Gasteiger partial charge in [-0.3, -0.25) is 4.79 Å². The summed E-state index contributed by atoms with van der Waals surface area (Å²) in [6.45, 7) is 23.8. The van der Waals surface area contributed by atoms with Gasteiger partial charge in [-0.05, 0) is 41.5 Å². The minimum atomic E-state index is -0.501. The summed E-state index contributed by atoms with van der Waals surface area (Å²) in [5, 5.41) is 0. The highest BCUT2D eigenvalue weighted by Gasteiger charge is 2.29. The fourth-order valence-electron chi connectivity index (χ4n) is 2.41. The van der Waals surface area contributed by atoms with Gasteiger partial charge in [0, 0.05) is 39.3 Å². The molecule has 0 bridgehead atoms. The van der Waals surface area contributed by atoms with Crippen molar-refractivity contribution in [3.63, 3.8) is 0 Å². The first-order valence-electron chi connectivity index (χ1n) is 11.6. The second-order valence-corrected chi connectivity index (χ2v) is 8.69. The third kappa shape index (κ3) is 15.7. The number of piperazine rings is 1. The Labute approximate surface area is 195 Å². The molecule has 2 fully saturated rings. The Kier molecular flexibility index (Phi) is 16.7. The van der Waals surface area contributed by atoms with Gasteiger partial charge in [-0.15, -0.1) is 0 Å². The highest BCUT2D eigenvalue weighted by atomic mass is 16.6. The summed E-state index contributed by atoms with van der Waals surface area (Å²) in [4.78, 5) is 38.8. The lowest BCUT2D eigenvalue weighted by Gasteiger charge is -2.36. The van der Waals surface area contributed by atoms with Crippen molar-refractivity contribution in [1.82, 2.24) is 14.7 Å². The number of hydrogen-bond donors (Lipinski definition) is 0. The summed E-state index contributed by atoms with van der Waals surface area (Å²) in [5.41, 5.74) is -1.00. The highest BCUT2D eigenvalue weighted by molar-refractivity contribution is 5.70. The van der Waals surface area contributed by atoms with Crippen molar-refractivity contribution in [2.45, 2.75) is 80.4 Å². The molecule has 2 rings (SSSR count). The number of morpholine rings is 1. The van der Waals surface area contributed by atoms with Gasteiger partial charge < -0.3 is 28.9 Å². The second kappa shape index (κ2) is 16.6. The molecular formula is C23H47N3O6. The van der Waals surface area contributed by atoms with E-state index in [4.69, 9.17) is 14.2 Å². The maximum absolute atomic E-state index is 11.9. The zero-order chi connectivity index (χ0) is 25.4. The molecule has 0 saturated carbocycles. The van der Waals surface area contributed by atoms with Crippen LogP contribution in [0.25, 0.3) is 0 Å². The topological polar surface area (TPSA) is 88.6 Å². The van der Waals surface area contributed by atoms with Crippen molar-refractivity contribution in [2.75, 3.05) is 52.5 Å². The maximum atomic E-state index is 11.9. The summed E-state index contributed by atoms with van der Waals surface area (Å²) < 4.78 is 15.6. The van der Waals surface area contributed by atoms with Crippen molar-refractivity contribution in [1.29, 1.82) is 0 Å². The third-order valence-corrected chi connectivity index (χ3v) is 3.78. The van der Waals surface area contributed by atoms with Crippen molar-refractivity contribution in [3.05, 3.63) is 0 Å². The van der Waals surface area contributed by atoms with Crippen LogP contribution < -0.4 is 0 Å². The lowest BCUT2D eigenvalue weighted by Crippen LogP contribution is -2.52. The lowest BCUT2D eigenvalue weighted by molar-refractivity contribution is -0.121. The van der Waals surface area contributed by atoms with Gasteiger partial charge in [0.25, 0.3) is 0 Å². The average molecular weight is 462 g/mol. The van der Waals surface area contributed by atoms with E-state index in [1.54, 1.807) is 14.7 Å². The second-order valence-electron chi connectivity index (χ2n) is 8.69. The number of nitrogens with zero attached hydrogens (tertiary/aromatic N) is 3. The van der Waals surface area contributed by atoms with Crippen molar-refractivity contribution in [3.8, 4) is 0 Å². The number of rotatable bonds is 1. The molecule has 0 unspecified atom stereocenters. The fourth-order valence-corrected chi connectivity index (χ4v) is 2.41. The minimum absolute atomic E-state index is 0.332. The van der Waals surface area contributed by atoms with Gasteiger partial charge in [0.05, 0.1) is 13.2 Å². The van der Waals surface area contributed by atoms with Gasteiger partial charge in [0.15, 0.2) is 0 Å². The Balaban J connectivity index is 0. The molecule has 0 aliphatic carbocycles. The van der Waals surface area contributed by atoms with Crippen LogP contribution in [0.3, 0.4) is 0 Å². The number of hydrogen-bond acceptors (Lipinski definition) is 6. The van der Waals surface area contributed by atoms with E-state index in [1.807, 2.05) is 69.2 Å². The van der Waals surface area contributed by atoms with Gasteiger partial charge in [-0.2, -0.15) is 0 Å². The highest BCUT2D eigenvalue weighted by Crippen LogP contribution is 2.14. The minimum Gasteiger partial charge on any atom is -0.444 e. The fraction of sp³-hybridized carbons (Fsp3) is 0.870. The van der Waals surface area contributed by atoms with E-state index in [0.29, 0.717) is 39.4 Å². The van der Waals surface area contributed by atoms with Crippen LogP contribution >= 0.6 is 0 Å². The quantitative estimate of drug-likeness (QED) is 0.549. The Hall–Kier alpha value is -2.03. The molecule has 3 amide bonds. The molecule has 0 aromatic carbocycles. The number of ether oxygens (including phenoxy) is 3. The van der Waals surface area contributed by atoms with Crippen molar-refractivity contribution >= 4 is 18.6 Å². The van der Waals surface area contributed by atoms with Crippen LogP contribution in [-0.2, 0) is 19.0 Å². The van der Waals surface area contributed by atoms with Gasteiger partial charge in [-0.1, -0.05) is 27.7 Å². The molecule has 2 saturated heterocycles. The zero-order valence-electron chi connectivity index (χ0n) is 22.0. The summed E-state index contributed by atoms with van der Waals surface area (Å²) in [6, 6.07) is 0. The molecule has 0 N–H and O–H groups in total. The van der Waals surface area contributed by atoms with E-state index >= 15 is 0 Å². The first-order chi connectivity index (χ1) is 14.9. The number of amides is 3. The van der Waals surface area contributed by atoms with Crippen LogP contribution in [-0.4, -0.2) is 97.0 Å². The Morgan fingerprint density at radius 1 is 0.688 bits per heavy atom. The number of carbonyl (C=O) groups excluding carboxylic acids is 3. The lowest BCUT2D eigenvalue weighted by atomic mass is 10.2. The van der Waals surface area contributed by atoms with Gasteiger partial charge >= 0.3 is 12.2 Å². The van der Waals surface area contributed by atoms with E-state index in [2.05, 4.69) is 0 Å². The SMILES string of the molecule is CC.CC.CC(C)(C)OC(=O)N1CCN(C(=O)OC(C)(C)C)CC1.O=CN1CCOCC1. The molecule has 9 heteroatoms. The molecule has 0 atom stereocenters. The van der Waals surface area contributed by atoms with Crippen LogP contribution in [0, 0.1) is 0 Å². The largest absolute Gasteiger partial charge is 0.444 e. The molecule has 190 valence electrons. The van der Waals surface area contributed by atoms with E-state index in [1.165, 1.54) is 0 Å². The van der Waals surface area contributed by atoms with Gasteiger partial charge in [-0.25, -0.2) is 9.59 Å². The summed E-state index contributed by atoms with van der Waals surface area (Å²) >= 11 is 0. The predicted octanol–water partition coefficient (Wildman–Crippen LogP) is 4.00. The summed E-state index contributed by atoms with van der Waals surface area (Å²) in [7, 11) is 0. The summed E-state index contributed by atoms with van der Waals surface area (Å²) in [6.07, 6.45) is 0.199. The van der Waals surface area contributed by atoms with Crippen molar-refractivity contribution < 1.29 is 28.6 Å². The van der Waals surface area contributed by atoms with E-state index < -0.39 is 11.2 Å². The van der Waals surface area contributed by atoms with Gasteiger partial charge in [0.2, 0.25) is 6.41 Å². The Morgan fingerprint density at radius 2 is 1.00 bits per heavy atom. The van der Waals surface area contributed by atoms with E-state index in [-0.39, 0.29) is 12.2 Å². The smallest absolute Gasteiger partial charge is 0.410 e. The monoisotopic (exact) mass is 461 g/mol. The summed E-state index contributed by atoms with van der Waals surface area (Å²) in [5.74, 6) is 0. The van der Waals surface area contributed by atoms with Crippen LogP contribution in [0.15, 0.2) is 0 Å². The molecule has 0 aromatic heterocycles. The molecule has 9 nitrogen and oxygen atoms in total. The van der Waals surface area contributed by atoms with Crippen molar-refractivity contribution in [2.24, 2.45) is 0 Å². The van der Waals surface area contributed by atoms with Crippen LogP contribution in [0.2, 0.25) is 0 Å². The first-order valence-corrected chi connectivity index (χ1v) is 11.6. The average Bonchev–Trinajstić information content (AvgIpc) is 2.75. The number of carbonyl (C=O) groups is 3. The maximum Gasteiger partial charge on any atom is 0.410 e. The Bertz CT molecular complexity index is 479. The van der Waals surface area contributed by atoms with E-state index in [0.717, 1.165) is 19.5 Å². The molecule has 2 aliphatic heterocycles. The molecule has 0 radical (unpaired) electrons. The first kappa shape index (κ1) is 32.2.